The van der Waals surface area contributed by atoms with E-state index in [-0.39, 0.29) is 11.1 Å². The Morgan fingerprint density at radius 1 is 1.43 bits per heavy atom. The Morgan fingerprint density at radius 3 is 2.91 bits per heavy atom. The monoisotopic (exact) mass is 335 g/mol. The van der Waals surface area contributed by atoms with Gasteiger partial charge in [-0.25, -0.2) is 4.68 Å². The highest BCUT2D eigenvalue weighted by molar-refractivity contribution is 7.99. The molecule has 1 fully saturated rings. The molecule has 0 bridgehead atoms. The van der Waals surface area contributed by atoms with Crippen LogP contribution in [0.1, 0.15) is 47.0 Å². The van der Waals surface area contributed by atoms with Gasteiger partial charge in [0.25, 0.3) is 5.56 Å². The zero-order valence-corrected chi connectivity index (χ0v) is 15.0. The van der Waals surface area contributed by atoms with Gasteiger partial charge in [0, 0.05) is 11.3 Å². The summed E-state index contributed by atoms with van der Waals surface area (Å²) < 4.78 is 1.82. The van der Waals surface area contributed by atoms with Crippen LogP contribution in [0, 0.1) is 0 Å². The lowest BCUT2D eigenvalue weighted by Crippen LogP contribution is -2.29. The fraction of sp³-hybridized carbons (Fsp3) is 0.688. The number of rotatable bonds is 4. The number of hydrogen-bond donors (Lipinski definition) is 2. The first-order chi connectivity index (χ1) is 10.9. The maximum absolute atomic E-state index is 12.3. The first kappa shape index (κ1) is 16.4. The summed E-state index contributed by atoms with van der Waals surface area (Å²) >= 11 is 1.98. The summed E-state index contributed by atoms with van der Waals surface area (Å²) in [6, 6.07) is 0.367. The zero-order chi connectivity index (χ0) is 16.6. The number of hydrogen-bond acceptors (Lipinski definition) is 5. The molecule has 0 unspecified atom stereocenters. The van der Waals surface area contributed by atoms with Crippen molar-refractivity contribution in [3.05, 3.63) is 16.6 Å². The Balaban J connectivity index is 1.94. The third-order valence-electron chi connectivity index (χ3n) is 4.23. The second kappa shape index (κ2) is 6.19. The number of nitrogens with zero attached hydrogens (tertiary/aromatic N) is 3. The molecule has 2 atom stereocenters. The van der Waals surface area contributed by atoms with Crippen LogP contribution in [-0.4, -0.2) is 36.8 Å². The topological polar surface area (TPSA) is 75.6 Å². The van der Waals surface area contributed by atoms with Crippen LogP contribution in [0.2, 0.25) is 0 Å². The summed E-state index contributed by atoms with van der Waals surface area (Å²) in [6.07, 6.45) is 5.17. The highest BCUT2D eigenvalue weighted by Gasteiger charge is 2.28. The molecule has 2 aromatic heterocycles. The van der Waals surface area contributed by atoms with Gasteiger partial charge in [-0.15, -0.1) is 0 Å². The van der Waals surface area contributed by atoms with Gasteiger partial charge in [-0.1, -0.05) is 13.3 Å². The average Bonchev–Trinajstić information content (AvgIpc) is 3.06. The zero-order valence-electron chi connectivity index (χ0n) is 14.2. The van der Waals surface area contributed by atoms with Crippen molar-refractivity contribution in [2.45, 2.75) is 63.8 Å². The number of aromatic nitrogens is 4. The van der Waals surface area contributed by atoms with E-state index in [2.05, 4.69) is 48.1 Å². The highest BCUT2D eigenvalue weighted by atomic mass is 32.2. The summed E-state index contributed by atoms with van der Waals surface area (Å²) in [4.78, 5) is 19.8. The van der Waals surface area contributed by atoms with E-state index in [9.17, 15) is 4.79 Å². The van der Waals surface area contributed by atoms with Crippen LogP contribution >= 0.6 is 11.8 Å². The van der Waals surface area contributed by atoms with Gasteiger partial charge in [-0.2, -0.15) is 21.8 Å². The molecular formula is C16H25N5OS. The van der Waals surface area contributed by atoms with E-state index >= 15 is 0 Å². The predicted octanol–water partition coefficient (Wildman–Crippen LogP) is 2.96. The van der Waals surface area contributed by atoms with Crippen LogP contribution in [0.3, 0.4) is 0 Å². The Morgan fingerprint density at radius 2 is 2.22 bits per heavy atom. The van der Waals surface area contributed by atoms with E-state index in [0.717, 1.165) is 12.2 Å². The van der Waals surface area contributed by atoms with E-state index in [4.69, 9.17) is 0 Å². The summed E-state index contributed by atoms with van der Waals surface area (Å²) in [6.45, 7) is 8.36. The van der Waals surface area contributed by atoms with Gasteiger partial charge in [-0.3, -0.25) is 9.78 Å². The standard InChI is InChI=1S/C16H25N5OS/c1-5-23-12-8-6-7-11(12)18-15-19-13-10(14(22)20-15)9-17-21(13)16(2,3)4/h9,11-12H,5-8H2,1-4H3,(H2,18,19,20,22)/t11-,12-/m1/s1. The molecule has 0 radical (unpaired) electrons. The van der Waals surface area contributed by atoms with E-state index in [0.29, 0.717) is 28.3 Å². The molecule has 1 aliphatic rings. The maximum atomic E-state index is 12.3. The molecule has 0 spiro atoms. The van der Waals surface area contributed by atoms with Gasteiger partial charge >= 0.3 is 0 Å². The summed E-state index contributed by atoms with van der Waals surface area (Å²) in [5, 5.41) is 8.93. The number of nitrogens with one attached hydrogen (secondary N) is 2. The van der Waals surface area contributed by atoms with Gasteiger partial charge in [0.15, 0.2) is 5.65 Å². The van der Waals surface area contributed by atoms with E-state index in [1.807, 2.05) is 16.4 Å². The number of aromatic amines is 1. The molecule has 2 heterocycles. The van der Waals surface area contributed by atoms with E-state index in [1.165, 1.54) is 12.8 Å². The molecule has 0 aliphatic heterocycles. The van der Waals surface area contributed by atoms with Crippen LogP contribution in [0.5, 0.6) is 0 Å². The summed E-state index contributed by atoms with van der Waals surface area (Å²) in [7, 11) is 0. The molecule has 2 N–H and O–H groups in total. The molecule has 6 nitrogen and oxygen atoms in total. The van der Waals surface area contributed by atoms with Crippen LogP contribution in [0.25, 0.3) is 11.0 Å². The Hall–Kier alpha value is -1.50. The highest BCUT2D eigenvalue weighted by Crippen LogP contribution is 2.31. The van der Waals surface area contributed by atoms with Crippen molar-refractivity contribution >= 4 is 28.7 Å². The Kier molecular flexibility index (Phi) is 4.40. The van der Waals surface area contributed by atoms with Gasteiger partial charge in [0.2, 0.25) is 5.95 Å². The Bertz CT molecular complexity index is 745. The minimum atomic E-state index is -0.215. The van der Waals surface area contributed by atoms with Crippen LogP contribution in [0.15, 0.2) is 11.0 Å². The molecule has 1 saturated carbocycles. The molecule has 0 aromatic carbocycles. The third kappa shape index (κ3) is 3.24. The number of fused-ring (bicyclic) bond motifs is 1. The second-order valence-electron chi connectivity index (χ2n) is 7.05. The first-order valence-corrected chi connectivity index (χ1v) is 9.31. The predicted molar refractivity (Wildman–Crippen MR) is 96.3 cm³/mol. The Labute approximate surface area is 140 Å². The molecule has 126 valence electrons. The minimum Gasteiger partial charge on any atom is -0.352 e. The van der Waals surface area contributed by atoms with Crippen molar-refractivity contribution in [2.24, 2.45) is 0 Å². The van der Waals surface area contributed by atoms with Gasteiger partial charge in [-0.05, 0) is 39.4 Å². The lowest BCUT2D eigenvalue weighted by atomic mass is 10.1. The SMILES string of the molecule is CCS[C@@H]1CCC[C@H]1Nc1nc2c(cnn2C(C)(C)C)c(=O)[nH]1. The molecule has 7 heteroatoms. The van der Waals surface area contributed by atoms with Gasteiger partial charge in [0.1, 0.15) is 5.39 Å². The number of thioether (sulfide) groups is 1. The smallest absolute Gasteiger partial charge is 0.263 e. The largest absolute Gasteiger partial charge is 0.352 e. The molecule has 0 amide bonds. The molecule has 1 aliphatic carbocycles. The lowest BCUT2D eigenvalue weighted by Gasteiger charge is -2.22. The van der Waals surface area contributed by atoms with E-state index in [1.54, 1.807) is 6.20 Å². The quantitative estimate of drug-likeness (QED) is 0.898. The van der Waals surface area contributed by atoms with E-state index < -0.39 is 0 Å². The lowest BCUT2D eigenvalue weighted by molar-refractivity contribution is 0.366. The molecule has 0 saturated heterocycles. The third-order valence-corrected chi connectivity index (χ3v) is 5.55. The summed E-state index contributed by atoms with van der Waals surface area (Å²) in [5.74, 6) is 1.67. The molecule has 3 rings (SSSR count). The molecule has 23 heavy (non-hydrogen) atoms. The molecular weight excluding hydrogens is 310 g/mol. The second-order valence-corrected chi connectivity index (χ2v) is 8.57. The fourth-order valence-electron chi connectivity index (χ4n) is 3.16. The minimum absolute atomic E-state index is 0.134. The van der Waals surface area contributed by atoms with Crippen molar-refractivity contribution in [3.63, 3.8) is 0 Å². The molecule has 2 aromatic rings. The van der Waals surface area contributed by atoms with Crippen molar-refractivity contribution < 1.29 is 0 Å². The normalized spacial score (nSPS) is 21.9. The van der Waals surface area contributed by atoms with Crippen molar-refractivity contribution in [1.29, 1.82) is 0 Å². The average molecular weight is 335 g/mol. The fourth-order valence-corrected chi connectivity index (χ4v) is 4.36. The number of H-pyrrole nitrogens is 1. The van der Waals surface area contributed by atoms with Gasteiger partial charge in [0.05, 0.1) is 11.7 Å². The van der Waals surface area contributed by atoms with Crippen molar-refractivity contribution in [2.75, 3.05) is 11.1 Å². The van der Waals surface area contributed by atoms with Crippen molar-refractivity contribution in [1.82, 2.24) is 19.7 Å². The first-order valence-electron chi connectivity index (χ1n) is 8.27. The summed E-state index contributed by atoms with van der Waals surface area (Å²) in [5.41, 5.74) is 0.292. The van der Waals surface area contributed by atoms with Gasteiger partial charge < -0.3 is 5.32 Å². The maximum Gasteiger partial charge on any atom is 0.263 e. The van der Waals surface area contributed by atoms with Crippen LogP contribution < -0.4 is 10.9 Å². The number of anilines is 1. The van der Waals surface area contributed by atoms with Crippen LogP contribution in [0.4, 0.5) is 5.95 Å². The van der Waals surface area contributed by atoms with Crippen molar-refractivity contribution in [3.8, 4) is 0 Å². The van der Waals surface area contributed by atoms with Crippen LogP contribution in [-0.2, 0) is 5.54 Å².